The minimum Gasteiger partial charge on any atom is -0.211 e. The minimum absolute atomic E-state index is 0.469. The van der Waals surface area contributed by atoms with Gasteiger partial charge in [0.1, 0.15) is 11.1 Å². The van der Waals surface area contributed by atoms with Crippen LogP contribution >= 0.6 is 11.3 Å². The van der Waals surface area contributed by atoms with Gasteiger partial charge in [-0.25, -0.2) is 4.79 Å². The van der Waals surface area contributed by atoms with Gasteiger partial charge in [-0.3, -0.25) is 0 Å². The van der Waals surface area contributed by atoms with Crippen molar-refractivity contribution in [1.29, 1.82) is 5.26 Å². The normalized spacial score (nSPS) is 8.92. The molecule has 0 spiro atoms. The third-order valence-corrected chi connectivity index (χ3v) is 2.62. The molecule has 66 valence electrons. The predicted octanol–water partition coefficient (Wildman–Crippen LogP) is 2.54. The van der Waals surface area contributed by atoms with Crippen LogP contribution < -0.4 is 0 Å². The molecule has 13 heavy (non-hydrogen) atoms. The van der Waals surface area contributed by atoms with Gasteiger partial charge in [-0.15, -0.1) is 11.3 Å². The van der Waals surface area contributed by atoms with Crippen LogP contribution in [0.2, 0.25) is 0 Å². The van der Waals surface area contributed by atoms with E-state index in [4.69, 9.17) is 5.26 Å². The van der Waals surface area contributed by atoms with Crippen molar-refractivity contribution < 1.29 is 4.79 Å². The van der Waals surface area contributed by atoms with Gasteiger partial charge in [-0.1, -0.05) is 13.3 Å². The summed E-state index contributed by atoms with van der Waals surface area (Å²) in [5, 5.41) is 9.17. The van der Waals surface area contributed by atoms with Crippen molar-refractivity contribution in [2.45, 2.75) is 19.8 Å². The molecular weight excluding hydrogens is 184 g/mol. The van der Waals surface area contributed by atoms with Crippen LogP contribution in [0.1, 0.15) is 23.8 Å². The molecule has 0 aliphatic carbocycles. The van der Waals surface area contributed by atoms with Crippen molar-refractivity contribution in [3.63, 3.8) is 0 Å². The van der Waals surface area contributed by atoms with E-state index in [1.807, 2.05) is 6.07 Å². The fourth-order valence-corrected chi connectivity index (χ4v) is 2.03. The van der Waals surface area contributed by atoms with Gasteiger partial charge in [0.05, 0.1) is 5.56 Å². The van der Waals surface area contributed by atoms with Crippen LogP contribution in [0, 0.1) is 11.3 Å². The first-order chi connectivity index (χ1) is 6.31. The zero-order valence-electron chi connectivity index (χ0n) is 7.20. The van der Waals surface area contributed by atoms with E-state index in [1.54, 1.807) is 6.07 Å². The third kappa shape index (κ3) is 2.25. The van der Waals surface area contributed by atoms with Gasteiger partial charge in [0, 0.05) is 4.88 Å². The Labute approximate surface area is 80.3 Å². The summed E-state index contributed by atoms with van der Waals surface area (Å²) < 4.78 is 0. The van der Waals surface area contributed by atoms with Crippen molar-refractivity contribution >= 4 is 22.4 Å². The second-order valence-corrected chi connectivity index (χ2v) is 3.61. The number of aryl methyl sites for hydroxylation is 1. The molecule has 0 saturated heterocycles. The Balaban J connectivity index is 3.05. The Kier molecular flexibility index (Phi) is 3.39. The van der Waals surface area contributed by atoms with E-state index >= 15 is 0 Å². The van der Waals surface area contributed by atoms with E-state index in [9.17, 15) is 4.79 Å². The van der Waals surface area contributed by atoms with E-state index in [2.05, 4.69) is 11.9 Å². The van der Waals surface area contributed by atoms with E-state index in [0.29, 0.717) is 10.6 Å². The van der Waals surface area contributed by atoms with Gasteiger partial charge in [0.2, 0.25) is 6.08 Å². The van der Waals surface area contributed by atoms with Gasteiger partial charge < -0.3 is 0 Å². The van der Waals surface area contributed by atoms with Gasteiger partial charge in [0.25, 0.3) is 0 Å². The fourth-order valence-electron chi connectivity index (χ4n) is 1.01. The molecule has 1 rings (SSSR count). The number of hydrogen-bond acceptors (Lipinski definition) is 4. The monoisotopic (exact) mass is 192 g/mol. The number of nitrogens with zero attached hydrogens (tertiary/aromatic N) is 2. The Morgan fingerprint density at radius 3 is 3.00 bits per heavy atom. The number of aliphatic imine (C=N–C) groups is 1. The highest BCUT2D eigenvalue weighted by atomic mass is 32.1. The maximum absolute atomic E-state index is 10.0. The van der Waals surface area contributed by atoms with Gasteiger partial charge in [-0.2, -0.15) is 10.3 Å². The van der Waals surface area contributed by atoms with Gasteiger partial charge in [0.15, 0.2) is 0 Å². The van der Waals surface area contributed by atoms with E-state index in [-0.39, 0.29) is 0 Å². The Bertz CT molecular complexity index is 383. The Morgan fingerprint density at radius 2 is 2.46 bits per heavy atom. The average Bonchev–Trinajstić information content (AvgIpc) is 2.49. The van der Waals surface area contributed by atoms with Crippen LogP contribution in [-0.4, -0.2) is 6.08 Å². The van der Waals surface area contributed by atoms with Crippen molar-refractivity contribution in [2.24, 2.45) is 4.99 Å². The van der Waals surface area contributed by atoms with Crippen molar-refractivity contribution in [3.05, 3.63) is 16.5 Å². The van der Waals surface area contributed by atoms with Crippen molar-refractivity contribution in [2.75, 3.05) is 0 Å². The number of nitriles is 1. The van der Waals surface area contributed by atoms with Crippen molar-refractivity contribution in [1.82, 2.24) is 0 Å². The molecule has 0 amide bonds. The molecular formula is C9H8N2OS. The summed E-state index contributed by atoms with van der Waals surface area (Å²) in [4.78, 5) is 14.6. The first kappa shape index (κ1) is 9.66. The smallest absolute Gasteiger partial charge is 0.211 e. The lowest BCUT2D eigenvalue weighted by Gasteiger charge is -1.86. The predicted molar refractivity (Wildman–Crippen MR) is 50.8 cm³/mol. The number of carbonyl (C=O) groups excluding carboxylic acids is 1. The fraction of sp³-hybridized carbons (Fsp3) is 0.333. The molecule has 0 atom stereocenters. The molecule has 3 nitrogen and oxygen atoms in total. The third-order valence-electron chi connectivity index (χ3n) is 1.53. The molecule has 1 aromatic rings. The Hall–Kier alpha value is -1.43. The maximum atomic E-state index is 10.0. The first-order valence-corrected chi connectivity index (χ1v) is 4.74. The van der Waals surface area contributed by atoms with Crippen LogP contribution in [0.5, 0.6) is 0 Å². The highest BCUT2D eigenvalue weighted by Gasteiger charge is 2.06. The lowest BCUT2D eigenvalue weighted by Crippen LogP contribution is -1.73. The lowest BCUT2D eigenvalue weighted by molar-refractivity contribution is 0.565. The molecule has 0 radical (unpaired) electrons. The topological polar surface area (TPSA) is 53.2 Å². The zero-order valence-corrected chi connectivity index (χ0v) is 8.02. The molecule has 0 aromatic carbocycles. The maximum Gasteiger partial charge on any atom is 0.241 e. The number of isocyanates is 1. The zero-order chi connectivity index (χ0) is 9.68. The van der Waals surface area contributed by atoms with Crippen molar-refractivity contribution in [3.8, 4) is 6.07 Å². The largest absolute Gasteiger partial charge is 0.241 e. The highest BCUT2D eigenvalue weighted by Crippen LogP contribution is 2.30. The highest BCUT2D eigenvalue weighted by molar-refractivity contribution is 7.16. The quantitative estimate of drug-likeness (QED) is 0.545. The molecule has 4 heteroatoms. The second kappa shape index (κ2) is 4.56. The average molecular weight is 192 g/mol. The van der Waals surface area contributed by atoms with E-state index < -0.39 is 0 Å². The standard InChI is InChI=1S/C9H8N2OS/c1-2-3-8-4-7(5-10)9(13-8)11-6-12/h4H,2-3H2,1H3. The second-order valence-electron chi connectivity index (χ2n) is 2.50. The van der Waals surface area contributed by atoms with Crippen LogP contribution in [0.25, 0.3) is 0 Å². The summed E-state index contributed by atoms with van der Waals surface area (Å²) in [6.07, 6.45) is 3.40. The van der Waals surface area contributed by atoms with Crippen LogP contribution in [0.15, 0.2) is 11.1 Å². The summed E-state index contributed by atoms with van der Waals surface area (Å²) in [7, 11) is 0. The molecule has 0 fully saturated rings. The molecule has 0 unspecified atom stereocenters. The summed E-state index contributed by atoms with van der Waals surface area (Å²) in [5.41, 5.74) is 0.469. The first-order valence-electron chi connectivity index (χ1n) is 3.92. The van der Waals surface area contributed by atoms with E-state index in [0.717, 1.165) is 17.7 Å². The molecule has 1 aromatic heterocycles. The molecule has 0 aliphatic rings. The van der Waals surface area contributed by atoms with Crippen LogP contribution in [0.4, 0.5) is 5.00 Å². The summed E-state index contributed by atoms with van der Waals surface area (Å²) in [6, 6.07) is 3.78. The summed E-state index contributed by atoms with van der Waals surface area (Å²) in [5.74, 6) is 0. The summed E-state index contributed by atoms with van der Waals surface area (Å²) in [6.45, 7) is 2.06. The van der Waals surface area contributed by atoms with Crippen LogP contribution in [-0.2, 0) is 11.2 Å². The van der Waals surface area contributed by atoms with Gasteiger partial charge in [-0.05, 0) is 12.5 Å². The Morgan fingerprint density at radius 1 is 1.69 bits per heavy atom. The molecule has 0 N–H and O–H groups in total. The lowest BCUT2D eigenvalue weighted by atomic mass is 10.2. The van der Waals surface area contributed by atoms with Crippen LogP contribution in [0.3, 0.4) is 0 Å². The minimum atomic E-state index is 0.469. The molecule has 0 saturated carbocycles. The van der Waals surface area contributed by atoms with Gasteiger partial charge >= 0.3 is 0 Å². The summed E-state index contributed by atoms with van der Waals surface area (Å²) >= 11 is 1.38. The molecule has 0 bridgehead atoms. The molecule has 1 heterocycles. The SMILES string of the molecule is CCCc1cc(C#N)c(N=C=O)s1. The number of thiophene rings is 1. The number of hydrogen-bond donors (Lipinski definition) is 0. The van der Waals surface area contributed by atoms with E-state index in [1.165, 1.54) is 17.4 Å². The number of rotatable bonds is 3. The molecule has 0 aliphatic heterocycles.